The average molecular weight is 468 g/mol. The fourth-order valence-corrected chi connectivity index (χ4v) is 4.14. The molecule has 1 aliphatic rings. The van der Waals surface area contributed by atoms with Gasteiger partial charge in [0, 0.05) is 24.2 Å². The van der Waals surface area contributed by atoms with Gasteiger partial charge >= 0.3 is 0 Å². The molecule has 1 aliphatic heterocycles. The first-order valence-corrected chi connectivity index (χ1v) is 11.2. The molecule has 1 amide bonds. The minimum absolute atomic E-state index is 0.0353. The van der Waals surface area contributed by atoms with E-state index in [0.717, 1.165) is 19.6 Å². The summed E-state index contributed by atoms with van der Waals surface area (Å²) in [5.41, 5.74) is 0.751. The lowest BCUT2D eigenvalue weighted by Gasteiger charge is -2.26. The summed E-state index contributed by atoms with van der Waals surface area (Å²) in [6.07, 6.45) is 0.640. The molecule has 0 aromatic heterocycles. The van der Waals surface area contributed by atoms with Crippen molar-refractivity contribution in [1.29, 1.82) is 0 Å². The predicted octanol–water partition coefficient (Wildman–Crippen LogP) is 3.76. The third kappa shape index (κ3) is 5.09. The fraction of sp³-hybridized carbons (Fsp3) is 0.360. The average Bonchev–Trinajstić information content (AvgIpc) is 3.11. The highest BCUT2D eigenvalue weighted by molar-refractivity contribution is 6.46. The lowest BCUT2D eigenvalue weighted by Crippen LogP contribution is -2.33. The van der Waals surface area contributed by atoms with Gasteiger partial charge in [0.2, 0.25) is 0 Å². The van der Waals surface area contributed by atoms with Crippen molar-refractivity contribution in [1.82, 2.24) is 9.80 Å². The number of nitrogens with zero attached hydrogens (tertiary/aromatic N) is 3. The molecule has 180 valence electrons. The summed E-state index contributed by atoms with van der Waals surface area (Å²) in [6, 6.07) is 11.4. The molecule has 2 aromatic rings. The van der Waals surface area contributed by atoms with Gasteiger partial charge in [0.05, 0.1) is 23.6 Å². The van der Waals surface area contributed by atoms with Crippen molar-refractivity contribution >= 4 is 23.1 Å². The van der Waals surface area contributed by atoms with E-state index in [1.54, 1.807) is 24.3 Å². The number of nitro groups is 1. The van der Waals surface area contributed by atoms with Gasteiger partial charge in [-0.25, -0.2) is 0 Å². The monoisotopic (exact) mass is 467 g/mol. The van der Waals surface area contributed by atoms with Crippen molar-refractivity contribution in [3.8, 4) is 5.75 Å². The van der Waals surface area contributed by atoms with E-state index < -0.39 is 22.7 Å². The summed E-state index contributed by atoms with van der Waals surface area (Å²) >= 11 is 0. The Hall–Kier alpha value is -3.72. The topological polar surface area (TPSA) is 113 Å². The number of carbonyl (C=O) groups excluding carboxylic acids is 2. The molecule has 0 bridgehead atoms. The molecule has 1 heterocycles. The molecular weight excluding hydrogens is 438 g/mol. The zero-order valence-corrected chi connectivity index (χ0v) is 19.6. The minimum atomic E-state index is -0.848. The van der Waals surface area contributed by atoms with Crippen LogP contribution in [0.25, 0.3) is 5.76 Å². The molecule has 0 aliphatic carbocycles. The molecule has 1 N–H and O–H groups in total. The SMILES string of the molecule is CCN(CC)CCCN1C(=O)C(=O)/C(=C(\O)c2ccc(OC)cc2)C1c1ccc([N+](=O)[O-])cc1. The number of aliphatic hydroxyl groups is 1. The van der Waals surface area contributed by atoms with E-state index in [9.17, 15) is 24.8 Å². The molecule has 34 heavy (non-hydrogen) atoms. The third-order valence-electron chi connectivity index (χ3n) is 6.09. The van der Waals surface area contributed by atoms with E-state index in [4.69, 9.17) is 4.74 Å². The number of hydrogen-bond donors (Lipinski definition) is 1. The maximum absolute atomic E-state index is 13.1. The van der Waals surface area contributed by atoms with E-state index in [0.29, 0.717) is 29.8 Å². The number of Topliss-reactive ketones (excluding diaryl/α,β-unsaturated/α-hetero) is 1. The molecule has 2 aromatic carbocycles. The van der Waals surface area contributed by atoms with Gasteiger partial charge < -0.3 is 19.6 Å². The first-order chi connectivity index (χ1) is 16.3. The second-order valence-corrected chi connectivity index (χ2v) is 7.95. The number of carbonyl (C=O) groups is 2. The molecule has 1 atom stereocenters. The summed E-state index contributed by atoms with van der Waals surface area (Å²) in [6.45, 7) is 6.92. The largest absolute Gasteiger partial charge is 0.507 e. The molecule has 9 heteroatoms. The Labute approximate surface area is 198 Å². The maximum atomic E-state index is 13.1. The van der Waals surface area contributed by atoms with E-state index in [1.807, 2.05) is 0 Å². The van der Waals surface area contributed by atoms with Crippen molar-refractivity contribution in [2.45, 2.75) is 26.3 Å². The van der Waals surface area contributed by atoms with Crippen LogP contribution < -0.4 is 4.74 Å². The molecule has 0 spiro atoms. The smallest absolute Gasteiger partial charge is 0.295 e. The highest BCUT2D eigenvalue weighted by Crippen LogP contribution is 2.40. The quantitative estimate of drug-likeness (QED) is 0.186. The number of methoxy groups -OCH3 is 1. The van der Waals surface area contributed by atoms with Crippen molar-refractivity contribution in [3.63, 3.8) is 0 Å². The van der Waals surface area contributed by atoms with Crippen molar-refractivity contribution in [3.05, 3.63) is 75.3 Å². The van der Waals surface area contributed by atoms with Crippen LogP contribution in [-0.2, 0) is 9.59 Å². The van der Waals surface area contributed by atoms with Crippen LogP contribution in [0.3, 0.4) is 0 Å². The van der Waals surface area contributed by atoms with Gasteiger partial charge in [0.1, 0.15) is 11.5 Å². The fourth-order valence-electron chi connectivity index (χ4n) is 4.14. The summed E-state index contributed by atoms with van der Waals surface area (Å²) in [5.74, 6) is -1.19. The van der Waals surface area contributed by atoms with Gasteiger partial charge in [0.25, 0.3) is 17.4 Å². The van der Waals surface area contributed by atoms with E-state index in [-0.39, 0.29) is 17.0 Å². The Kier molecular flexibility index (Phi) is 8.01. The van der Waals surface area contributed by atoms with Crippen molar-refractivity contribution in [2.75, 3.05) is 33.3 Å². The van der Waals surface area contributed by atoms with Gasteiger partial charge in [-0.2, -0.15) is 0 Å². The standard InChI is InChI=1S/C25H29N3O6/c1-4-26(5-2)15-6-16-27-22(17-7-11-19(12-8-17)28(32)33)21(24(30)25(27)31)23(29)18-9-13-20(34-3)14-10-18/h7-14,22,29H,4-6,15-16H2,1-3H3/b23-21-. The highest BCUT2D eigenvalue weighted by atomic mass is 16.6. The van der Waals surface area contributed by atoms with E-state index in [2.05, 4.69) is 18.7 Å². The van der Waals surface area contributed by atoms with E-state index in [1.165, 1.54) is 36.3 Å². The number of likely N-dealkylation sites (tertiary alicyclic amines) is 1. The molecule has 0 radical (unpaired) electrons. The second kappa shape index (κ2) is 10.9. The van der Waals surface area contributed by atoms with Gasteiger partial charge in [-0.1, -0.05) is 13.8 Å². The van der Waals surface area contributed by atoms with Crippen LogP contribution in [0, 0.1) is 10.1 Å². The zero-order valence-electron chi connectivity index (χ0n) is 19.6. The second-order valence-electron chi connectivity index (χ2n) is 7.95. The Morgan fingerprint density at radius 3 is 2.24 bits per heavy atom. The highest BCUT2D eigenvalue weighted by Gasteiger charge is 2.45. The number of ketones is 1. The van der Waals surface area contributed by atoms with Crippen molar-refractivity contribution in [2.24, 2.45) is 0 Å². The molecule has 1 unspecified atom stereocenters. The van der Waals surface area contributed by atoms with Crippen LogP contribution in [-0.4, -0.2) is 64.8 Å². The Balaban J connectivity index is 2.03. The van der Waals surface area contributed by atoms with Gasteiger partial charge in [-0.3, -0.25) is 19.7 Å². The molecular formula is C25H29N3O6. The van der Waals surface area contributed by atoms with Crippen LogP contribution in [0.5, 0.6) is 5.75 Å². The lowest BCUT2D eigenvalue weighted by molar-refractivity contribution is -0.384. The Bertz CT molecular complexity index is 1070. The minimum Gasteiger partial charge on any atom is -0.507 e. The normalized spacial score (nSPS) is 17.4. The number of amides is 1. The number of nitro benzene ring substituents is 1. The van der Waals surface area contributed by atoms with Crippen LogP contribution >= 0.6 is 0 Å². The van der Waals surface area contributed by atoms with Crippen LogP contribution in [0.1, 0.15) is 37.4 Å². The van der Waals surface area contributed by atoms with E-state index >= 15 is 0 Å². The number of benzene rings is 2. The third-order valence-corrected chi connectivity index (χ3v) is 6.09. The first-order valence-electron chi connectivity index (χ1n) is 11.2. The summed E-state index contributed by atoms with van der Waals surface area (Å²) in [5, 5.41) is 22.2. The number of rotatable bonds is 10. The summed E-state index contributed by atoms with van der Waals surface area (Å²) in [7, 11) is 1.52. The summed E-state index contributed by atoms with van der Waals surface area (Å²) in [4.78, 5) is 40.3. The predicted molar refractivity (Wildman–Crippen MR) is 128 cm³/mol. The number of non-ortho nitro benzene ring substituents is 1. The maximum Gasteiger partial charge on any atom is 0.295 e. The van der Waals surface area contributed by atoms with Crippen LogP contribution in [0.2, 0.25) is 0 Å². The van der Waals surface area contributed by atoms with Crippen LogP contribution in [0.15, 0.2) is 54.1 Å². The van der Waals surface area contributed by atoms with Crippen molar-refractivity contribution < 1.29 is 24.4 Å². The number of hydrogen-bond acceptors (Lipinski definition) is 7. The zero-order chi connectivity index (χ0) is 24.8. The number of ether oxygens (including phenoxy) is 1. The summed E-state index contributed by atoms with van der Waals surface area (Å²) < 4.78 is 5.15. The number of aliphatic hydroxyl groups excluding tert-OH is 1. The lowest BCUT2D eigenvalue weighted by atomic mass is 9.95. The van der Waals surface area contributed by atoms with Gasteiger partial charge in [0.15, 0.2) is 0 Å². The Morgan fingerprint density at radius 2 is 1.71 bits per heavy atom. The molecule has 9 nitrogen and oxygen atoms in total. The Morgan fingerprint density at radius 1 is 1.09 bits per heavy atom. The molecule has 3 rings (SSSR count). The molecule has 1 saturated heterocycles. The molecule has 0 saturated carbocycles. The first kappa shape index (κ1) is 24.9. The van der Waals surface area contributed by atoms with Gasteiger partial charge in [-0.05, 0) is 68.0 Å². The molecule has 1 fully saturated rings. The van der Waals surface area contributed by atoms with Gasteiger partial charge in [-0.15, -0.1) is 0 Å². The van der Waals surface area contributed by atoms with Crippen LogP contribution in [0.4, 0.5) is 5.69 Å².